The normalized spacial score (nSPS) is 24.3. The second kappa shape index (κ2) is 6.97. The lowest BCUT2D eigenvalue weighted by Crippen LogP contribution is -2.45. The summed E-state index contributed by atoms with van der Waals surface area (Å²) in [6, 6.07) is -0.181. The van der Waals surface area contributed by atoms with Gasteiger partial charge in [-0.15, -0.1) is 0 Å². The van der Waals surface area contributed by atoms with Crippen LogP contribution >= 0.6 is 0 Å². The van der Waals surface area contributed by atoms with Crippen LogP contribution in [0.25, 0.3) is 0 Å². The third-order valence-corrected chi connectivity index (χ3v) is 3.73. The molecule has 0 aromatic rings. The SMILES string of the molecule is CCC(CC)CN(CC)C(=O)C1CC(O)CN1. The van der Waals surface area contributed by atoms with E-state index in [4.69, 9.17) is 0 Å². The number of aliphatic hydroxyl groups excluding tert-OH is 1. The minimum Gasteiger partial charge on any atom is -0.392 e. The molecule has 1 rings (SSSR count). The number of aliphatic hydroxyl groups is 1. The van der Waals surface area contributed by atoms with Gasteiger partial charge in [-0.25, -0.2) is 0 Å². The smallest absolute Gasteiger partial charge is 0.239 e. The lowest BCUT2D eigenvalue weighted by Gasteiger charge is -2.27. The molecule has 0 spiro atoms. The largest absolute Gasteiger partial charge is 0.392 e. The minimum atomic E-state index is -0.365. The van der Waals surface area contributed by atoms with E-state index in [0.29, 0.717) is 18.9 Å². The number of hydrogen-bond donors (Lipinski definition) is 2. The van der Waals surface area contributed by atoms with E-state index in [-0.39, 0.29) is 18.1 Å². The van der Waals surface area contributed by atoms with E-state index in [0.717, 1.165) is 25.9 Å². The molecular weight excluding hydrogens is 216 g/mol. The van der Waals surface area contributed by atoms with E-state index in [2.05, 4.69) is 19.2 Å². The summed E-state index contributed by atoms with van der Waals surface area (Å²) < 4.78 is 0. The molecule has 1 aliphatic heterocycles. The van der Waals surface area contributed by atoms with E-state index in [9.17, 15) is 9.90 Å². The van der Waals surface area contributed by atoms with Crippen LogP contribution in [0.4, 0.5) is 0 Å². The Kier molecular flexibility index (Phi) is 5.92. The maximum absolute atomic E-state index is 12.2. The first kappa shape index (κ1) is 14.5. The number of likely N-dealkylation sites (N-methyl/N-ethyl adjacent to an activating group) is 1. The molecule has 0 aromatic heterocycles. The molecule has 1 heterocycles. The number of hydrogen-bond acceptors (Lipinski definition) is 3. The zero-order chi connectivity index (χ0) is 12.8. The summed E-state index contributed by atoms with van der Waals surface area (Å²) >= 11 is 0. The van der Waals surface area contributed by atoms with Crippen molar-refractivity contribution in [3.8, 4) is 0 Å². The van der Waals surface area contributed by atoms with Crippen LogP contribution in [-0.4, -0.2) is 47.7 Å². The Bertz CT molecular complexity index is 242. The molecule has 4 heteroatoms. The number of carbonyl (C=O) groups excluding carboxylic acids is 1. The molecule has 2 N–H and O–H groups in total. The predicted octanol–water partition coefficient (Wildman–Crippen LogP) is 0.994. The highest BCUT2D eigenvalue weighted by Crippen LogP contribution is 2.14. The molecule has 1 aliphatic rings. The quantitative estimate of drug-likeness (QED) is 0.730. The molecule has 4 nitrogen and oxygen atoms in total. The lowest BCUT2D eigenvalue weighted by atomic mass is 10.0. The summed E-state index contributed by atoms with van der Waals surface area (Å²) in [5, 5.41) is 12.5. The van der Waals surface area contributed by atoms with Gasteiger partial charge >= 0.3 is 0 Å². The highest BCUT2D eigenvalue weighted by Gasteiger charge is 2.31. The number of rotatable bonds is 6. The molecule has 0 saturated carbocycles. The highest BCUT2D eigenvalue weighted by molar-refractivity contribution is 5.82. The molecule has 0 radical (unpaired) electrons. The topological polar surface area (TPSA) is 52.6 Å². The molecule has 0 aliphatic carbocycles. The van der Waals surface area contributed by atoms with Crippen LogP contribution in [0, 0.1) is 5.92 Å². The molecule has 100 valence electrons. The van der Waals surface area contributed by atoms with E-state index in [1.807, 2.05) is 11.8 Å². The molecule has 2 atom stereocenters. The van der Waals surface area contributed by atoms with Gasteiger partial charge in [-0.3, -0.25) is 4.79 Å². The summed E-state index contributed by atoms with van der Waals surface area (Å²) in [4.78, 5) is 14.2. The van der Waals surface area contributed by atoms with E-state index < -0.39 is 0 Å². The first-order valence-electron chi connectivity index (χ1n) is 6.82. The monoisotopic (exact) mass is 242 g/mol. The van der Waals surface area contributed by atoms with Crippen LogP contribution in [-0.2, 0) is 4.79 Å². The van der Waals surface area contributed by atoms with Gasteiger partial charge in [0.2, 0.25) is 5.91 Å². The Morgan fingerprint density at radius 2 is 2.06 bits per heavy atom. The summed E-state index contributed by atoms with van der Waals surface area (Å²) in [5.74, 6) is 0.737. The van der Waals surface area contributed by atoms with Gasteiger partial charge in [-0.2, -0.15) is 0 Å². The van der Waals surface area contributed by atoms with Crippen LogP contribution in [0.1, 0.15) is 40.0 Å². The van der Waals surface area contributed by atoms with Crippen LogP contribution in [0.2, 0.25) is 0 Å². The van der Waals surface area contributed by atoms with Gasteiger partial charge in [-0.05, 0) is 19.3 Å². The standard InChI is InChI=1S/C13H26N2O2/c1-4-10(5-2)9-15(6-3)13(17)12-7-11(16)8-14-12/h10-12,14,16H,4-9H2,1-3H3. The predicted molar refractivity (Wildman–Crippen MR) is 68.7 cm³/mol. The maximum Gasteiger partial charge on any atom is 0.239 e. The number of β-amino-alcohol motifs (C(OH)–C–C–N with tert-alkyl or cyclic N) is 1. The van der Waals surface area contributed by atoms with Crippen molar-refractivity contribution >= 4 is 5.91 Å². The molecule has 0 aromatic carbocycles. The van der Waals surface area contributed by atoms with Crippen LogP contribution < -0.4 is 5.32 Å². The second-order valence-electron chi connectivity index (χ2n) is 4.91. The van der Waals surface area contributed by atoms with Crippen LogP contribution in [0.15, 0.2) is 0 Å². The van der Waals surface area contributed by atoms with Gasteiger partial charge in [-0.1, -0.05) is 26.7 Å². The molecule has 2 unspecified atom stereocenters. The fourth-order valence-electron chi connectivity index (χ4n) is 2.36. The van der Waals surface area contributed by atoms with Gasteiger partial charge < -0.3 is 15.3 Å². The summed E-state index contributed by atoms with van der Waals surface area (Å²) in [6.07, 6.45) is 2.41. The number of amides is 1. The van der Waals surface area contributed by atoms with Crippen molar-refractivity contribution in [2.24, 2.45) is 5.92 Å². The van der Waals surface area contributed by atoms with Crippen molar-refractivity contribution < 1.29 is 9.90 Å². The first-order valence-corrected chi connectivity index (χ1v) is 6.82. The maximum atomic E-state index is 12.2. The number of carbonyl (C=O) groups is 1. The van der Waals surface area contributed by atoms with E-state index in [1.165, 1.54) is 0 Å². The average Bonchev–Trinajstić information content (AvgIpc) is 2.77. The highest BCUT2D eigenvalue weighted by atomic mass is 16.3. The molecular formula is C13H26N2O2. The van der Waals surface area contributed by atoms with Gasteiger partial charge in [0, 0.05) is 19.6 Å². The van der Waals surface area contributed by atoms with Crippen molar-refractivity contribution in [3.63, 3.8) is 0 Å². The van der Waals surface area contributed by atoms with Crippen molar-refractivity contribution in [2.45, 2.75) is 52.2 Å². The molecule has 17 heavy (non-hydrogen) atoms. The minimum absolute atomic E-state index is 0.149. The summed E-state index contributed by atoms with van der Waals surface area (Å²) in [5.41, 5.74) is 0. The van der Waals surface area contributed by atoms with Crippen LogP contribution in [0.3, 0.4) is 0 Å². The Morgan fingerprint density at radius 1 is 1.41 bits per heavy atom. The van der Waals surface area contributed by atoms with Crippen molar-refractivity contribution in [1.29, 1.82) is 0 Å². The van der Waals surface area contributed by atoms with Crippen molar-refractivity contribution in [3.05, 3.63) is 0 Å². The molecule has 1 saturated heterocycles. The number of nitrogens with one attached hydrogen (secondary N) is 1. The van der Waals surface area contributed by atoms with Gasteiger partial charge in [0.05, 0.1) is 12.1 Å². The van der Waals surface area contributed by atoms with Crippen molar-refractivity contribution in [2.75, 3.05) is 19.6 Å². The summed E-state index contributed by atoms with van der Waals surface area (Å²) in [6.45, 7) is 8.50. The van der Waals surface area contributed by atoms with Gasteiger partial charge in [0.1, 0.15) is 0 Å². The fourth-order valence-corrected chi connectivity index (χ4v) is 2.36. The third-order valence-electron chi connectivity index (χ3n) is 3.73. The van der Waals surface area contributed by atoms with Crippen molar-refractivity contribution in [1.82, 2.24) is 10.2 Å². The molecule has 0 bridgehead atoms. The summed E-state index contributed by atoms with van der Waals surface area (Å²) in [7, 11) is 0. The van der Waals surface area contributed by atoms with Crippen LogP contribution in [0.5, 0.6) is 0 Å². The first-order chi connectivity index (χ1) is 8.12. The Labute approximate surface area is 104 Å². The zero-order valence-electron chi connectivity index (χ0n) is 11.3. The Balaban J connectivity index is 2.51. The van der Waals surface area contributed by atoms with E-state index >= 15 is 0 Å². The van der Waals surface area contributed by atoms with E-state index in [1.54, 1.807) is 0 Å². The average molecular weight is 242 g/mol. The lowest BCUT2D eigenvalue weighted by molar-refractivity contribution is -0.133. The third kappa shape index (κ3) is 3.96. The van der Waals surface area contributed by atoms with Gasteiger partial charge in [0.15, 0.2) is 0 Å². The Morgan fingerprint density at radius 3 is 2.47 bits per heavy atom. The fraction of sp³-hybridized carbons (Fsp3) is 0.923. The second-order valence-corrected chi connectivity index (χ2v) is 4.91. The number of nitrogens with zero attached hydrogens (tertiary/aromatic N) is 1. The molecule has 1 amide bonds. The zero-order valence-corrected chi connectivity index (χ0v) is 11.3. The molecule has 1 fully saturated rings. The van der Waals surface area contributed by atoms with Gasteiger partial charge in [0.25, 0.3) is 0 Å². The Hall–Kier alpha value is -0.610.